The molecule has 0 bridgehead atoms. The average molecular weight is 676 g/mol. The van der Waals surface area contributed by atoms with Gasteiger partial charge in [-0.25, -0.2) is 9.69 Å². The van der Waals surface area contributed by atoms with Crippen molar-refractivity contribution >= 4 is 73.8 Å². The van der Waals surface area contributed by atoms with Gasteiger partial charge in [-0.1, -0.05) is 6.07 Å². The highest BCUT2D eigenvalue weighted by molar-refractivity contribution is 14.1. The SMILES string of the molecule is Cc1cc(C)cc(N2C(=O)NC(=O)/C(=C\c3cc(Br)c(OCc4ccc([N+](=O)[O-])cc4)c(I)c3)C2=O)c1. The first-order chi connectivity index (χ1) is 17.5. The smallest absolute Gasteiger partial charge is 0.335 e. The molecule has 188 valence electrons. The van der Waals surface area contributed by atoms with Crippen LogP contribution in [0.4, 0.5) is 16.2 Å². The summed E-state index contributed by atoms with van der Waals surface area (Å²) in [7, 11) is 0. The Morgan fingerprint density at radius 1 is 1.05 bits per heavy atom. The first kappa shape index (κ1) is 26.5. The minimum absolute atomic E-state index is 0.00371. The molecule has 1 heterocycles. The molecule has 0 spiro atoms. The molecule has 1 N–H and O–H groups in total. The normalized spacial score (nSPS) is 14.6. The van der Waals surface area contributed by atoms with Crippen LogP contribution < -0.4 is 15.0 Å². The Labute approximate surface area is 233 Å². The zero-order chi connectivity index (χ0) is 26.9. The number of non-ortho nitro benzene ring substituents is 1. The number of hydrogen-bond donors (Lipinski definition) is 1. The summed E-state index contributed by atoms with van der Waals surface area (Å²) in [5, 5.41) is 13.1. The molecule has 3 aromatic carbocycles. The van der Waals surface area contributed by atoms with Gasteiger partial charge in [0.05, 0.1) is 18.7 Å². The molecule has 37 heavy (non-hydrogen) atoms. The summed E-state index contributed by atoms with van der Waals surface area (Å²) >= 11 is 5.55. The molecular formula is C26H19BrIN3O6. The van der Waals surface area contributed by atoms with Crippen LogP contribution in [0.3, 0.4) is 0 Å². The van der Waals surface area contributed by atoms with Crippen LogP contribution in [-0.4, -0.2) is 22.8 Å². The van der Waals surface area contributed by atoms with Crippen molar-refractivity contribution in [1.82, 2.24) is 5.32 Å². The van der Waals surface area contributed by atoms with Gasteiger partial charge in [-0.05, 0) is 117 Å². The summed E-state index contributed by atoms with van der Waals surface area (Å²) in [6, 6.07) is 14.0. The average Bonchev–Trinajstić information content (AvgIpc) is 2.81. The van der Waals surface area contributed by atoms with Gasteiger partial charge in [0.2, 0.25) is 0 Å². The van der Waals surface area contributed by atoms with Gasteiger partial charge in [0.25, 0.3) is 17.5 Å². The molecule has 1 fully saturated rings. The third-order valence-corrected chi connectivity index (χ3v) is 6.82. The Morgan fingerprint density at radius 2 is 1.70 bits per heavy atom. The van der Waals surface area contributed by atoms with Crippen molar-refractivity contribution in [1.29, 1.82) is 0 Å². The molecule has 1 saturated heterocycles. The summed E-state index contributed by atoms with van der Waals surface area (Å²) in [5.74, 6) is -0.962. The van der Waals surface area contributed by atoms with Crippen molar-refractivity contribution in [3.8, 4) is 5.75 Å². The third kappa shape index (κ3) is 5.88. The number of carbonyl (C=O) groups excluding carboxylic acids is 3. The molecule has 4 rings (SSSR count). The lowest BCUT2D eigenvalue weighted by molar-refractivity contribution is -0.384. The zero-order valence-electron chi connectivity index (χ0n) is 19.6. The Kier molecular flexibility index (Phi) is 7.73. The number of carbonyl (C=O) groups is 3. The fourth-order valence-electron chi connectivity index (χ4n) is 3.81. The second-order valence-electron chi connectivity index (χ2n) is 8.33. The standard InChI is InChI=1S/C26H19BrIN3O6/c1-14-7-15(2)9-19(8-14)30-25(33)20(24(32)29-26(30)34)10-17-11-21(27)23(22(28)12-17)37-13-16-3-5-18(6-4-16)31(35)36/h3-12H,13H2,1-2H3,(H,29,32,34)/b20-10+. The number of nitrogens with zero attached hydrogens (tertiary/aromatic N) is 2. The van der Waals surface area contributed by atoms with Crippen molar-refractivity contribution < 1.29 is 24.0 Å². The molecule has 0 aromatic heterocycles. The number of halogens is 2. The van der Waals surface area contributed by atoms with E-state index in [9.17, 15) is 24.5 Å². The van der Waals surface area contributed by atoms with E-state index >= 15 is 0 Å². The van der Waals surface area contributed by atoms with Crippen molar-refractivity contribution in [2.75, 3.05) is 4.90 Å². The number of nitro groups is 1. The minimum Gasteiger partial charge on any atom is -0.487 e. The van der Waals surface area contributed by atoms with E-state index in [1.165, 1.54) is 18.2 Å². The van der Waals surface area contributed by atoms with Crippen LogP contribution in [0.25, 0.3) is 6.08 Å². The number of nitro benzene ring substituents is 1. The van der Waals surface area contributed by atoms with E-state index in [0.717, 1.165) is 21.6 Å². The maximum Gasteiger partial charge on any atom is 0.335 e. The predicted octanol–water partition coefficient (Wildman–Crippen LogP) is 5.82. The lowest BCUT2D eigenvalue weighted by Crippen LogP contribution is -2.54. The van der Waals surface area contributed by atoms with Gasteiger partial charge in [0.15, 0.2) is 0 Å². The number of nitrogens with one attached hydrogen (secondary N) is 1. The van der Waals surface area contributed by atoms with Crippen molar-refractivity contribution in [2.24, 2.45) is 0 Å². The van der Waals surface area contributed by atoms with Crippen molar-refractivity contribution in [3.63, 3.8) is 0 Å². The van der Waals surface area contributed by atoms with Crippen LogP contribution in [0.2, 0.25) is 0 Å². The van der Waals surface area contributed by atoms with Gasteiger partial charge in [-0.2, -0.15) is 0 Å². The molecule has 4 amide bonds. The van der Waals surface area contributed by atoms with Crippen LogP contribution in [0.5, 0.6) is 5.75 Å². The summed E-state index contributed by atoms with van der Waals surface area (Å²) < 4.78 is 7.19. The van der Waals surface area contributed by atoms with Crippen molar-refractivity contribution in [3.05, 3.63) is 101 Å². The number of barbiturate groups is 1. The number of hydrogen-bond acceptors (Lipinski definition) is 6. The maximum absolute atomic E-state index is 13.2. The van der Waals surface area contributed by atoms with Crippen LogP contribution in [0.15, 0.2) is 64.6 Å². The van der Waals surface area contributed by atoms with E-state index < -0.39 is 22.8 Å². The van der Waals surface area contributed by atoms with E-state index in [1.807, 2.05) is 19.9 Å². The molecule has 0 atom stereocenters. The van der Waals surface area contributed by atoms with E-state index in [4.69, 9.17) is 4.74 Å². The van der Waals surface area contributed by atoms with Crippen LogP contribution in [-0.2, 0) is 16.2 Å². The Balaban J connectivity index is 1.59. The Hall–Kier alpha value is -3.58. The number of rotatable bonds is 6. The van der Waals surface area contributed by atoms with Gasteiger partial charge < -0.3 is 4.74 Å². The largest absolute Gasteiger partial charge is 0.487 e. The lowest BCUT2D eigenvalue weighted by Gasteiger charge is -2.27. The summed E-state index contributed by atoms with van der Waals surface area (Å²) in [4.78, 5) is 49.6. The van der Waals surface area contributed by atoms with Gasteiger partial charge in [0.1, 0.15) is 17.9 Å². The van der Waals surface area contributed by atoms with Crippen LogP contribution >= 0.6 is 38.5 Å². The number of urea groups is 1. The van der Waals surface area contributed by atoms with Gasteiger partial charge in [-0.3, -0.25) is 25.0 Å². The molecule has 0 saturated carbocycles. The molecule has 1 aliphatic heterocycles. The summed E-state index contributed by atoms with van der Waals surface area (Å²) in [5.41, 5.74) is 3.25. The molecule has 0 unspecified atom stereocenters. The van der Waals surface area contributed by atoms with E-state index in [2.05, 4.69) is 43.8 Å². The minimum atomic E-state index is -0.803. The molecule has 0 radical (unpaired) electrons. The molecule has 3 aromatic rings. The highest BCUT2D eigenvalue weighted by Crippen LogP contribution is 2.34. The fraction of sp³-hybridized carbons (Fsp3) is 0.115. The molecular weight excluding hydrogens is 657 g/mol. The zero-order valence-corrected chi connectivity index (χ0v) is 23.3. The van der Waals surface area contributed by atoms with E-state index in [-0.39, 0.29) is 17.9 Å². The highest BCUT2D eigenvalue weighted by Gasteiger charge is 2.37. The fourth-order valence-corrected chi connectivity index (χ4v) is 5.58. The highest BCUT2D eigenvalue weighted by atomic mass is 127. The first-order valence-electron chi connectivity index (χ1n) is 10.9. The predicted molar refractivity (Wildman–Crippen MR) is 149 cm³/mol. The van der Waals surface area contributed by atoms with E-state index in [0.29, 0.717) is 25.0 Å². The number of imide groups is 2. The number of aryl methyl sites for hydroxylation is 2. The first-order valence-corrected chi connectivity index (χ1v) is 12.8. The molecule has 1 aliphatic rings. The van der Waals surface area contributed by atoms with E-state index in [1.54, 1.807) is 36.4 Å². The number of ether oxygens (including phenoxy) is 1. The molecule has 0 aliphatic carbocycles. The van der Waals surface area contributed by atoms with Gasteiger partial charge in [0, 0.05) is 12.1 Å². The Morgan fingerprint density at radius 3 is 2.30 bits per heavy atom. The second kappa shape index (κ2) is 10.8. The summed E-state index contributed by atoms with van der Waals surface area (Å²) in [6.45, 7) is 3.89. The monoisotopic (exact) mass is 675 g/mol. The van der Waals surface area contributed by atoms with Gasteiger partial charge >= 0.3 is 6.03 Å². The molecule has 11 heteroatoms. The third-order valence-electron chi connectivity index (χ3n) is 5.43. The quantitative estimate of drug-likeness (QED) is 0.116. The van der Waals surface area contributed by atoms with Gasteiger partial charge in [-0.15, -0.1) is 0 Å². The maximum atomic E-state index is 13.2. The number of anilines is 1. The lowest BCUT2D eigenvalue weighted by atomic mass is 10.1. The number of amides is 4. The number of benzene rings is 3. The molecule has 9 nitrogen and oxygen atoms in total. The topological polar surface area (TPSA) is 119 Å². The van der Waals surface area contributed by atoms with Crippen LogP contribution in [0.1, 0.15) is 22.3 Å². The Bertz CT molecular complexity index is 1440. The van der Waals surface area contributed by atoms with Crippen LogP contribution in [0, 0.1) is 27.5 Å². The summed E-state index contributed by atoms with van der Waals surface area (Å²) in [6.07, 6.45) is 1.42. The second-order valence-corrected chi connectivity index (χ2v) is 10.3. The van der Waals surface area contributed by atoms with Crippen molar-refractivity contribution in [2.45, 2.75) is 20.5 Å².